The maximum atomic E-state index is 12.8. The van der Waals surface area contributed by atoms with Gasteiger partial charge in [0.15, 0.2) is 0 Å². The van der Waals surface area contributed by atoms with Gasteiger partial charge in [-0.25, -0.2) is 0 Å². The minimum Gasteiger partial charge on any atom is -0.457 e. The summed E-state index contributed by atoms with van der Waals surface area (Å²) in [4.78, 5) is 28.1. The molecule has 1 N–H and O–H groups in total. The lowest BCUT2D eigenvalue weighted by Gasteiger charge is -2.31. The van der Waals surface area contributed by atoms with E-state index in [2.05, 4.69) is 32.6 Å². The third kappa shape index (κ3) is 38.8. The molecule has 0 aliphatic heterocycles. The van der Waals surface area contributed by atoms with Gasteiger partial charge in [-0.2, -0.15) is 0 Å². The zero-order valence-electron chi connectivity index (χ0n) is 42.6. The largest absolute Gasteiger partial charge is 0.457 e. The molecular formula is C54H105NO9. The van der Waals surface area contributed by atoms with Crippen molar-refractivity contribution in [1.29, 1.82) is 0 Å². The van der Waals surface area contributed by atoms with E-state index in [9.17, 15) is 14.7 Å². The first-order valence-electron chi connectivity index (χ1n) is 27.5. The van der Waals surface area contributed by atoms with Crippen molar-refractivity contribution in [2.75, 3.05) is 72.5 Å². The van der Waals surface area contributed by atoms with E-state index in [0.717, 1.165) is 122 Å². The lowest BCUT2D eigenvalue weighted by molar-refractivity contribution is -0.157. The van der Waals surface area contributed by atoms with Crippen LogP contribution in [-0.2, 0) is 38.0 Å². The standard InChI is InChI=1S/C54H105NO9/c1-5-9-13-30-40-59-45-50(46-60-41-31-14-10-6-2)63-53(57)36-26-19-17-21-28-38-55(44-52(56)49-34-24-23-25-35-49)39-29-22-18-20-27-37-54(58)64-51(47-61-42-32-15-11-7-3)48-62-43-33-16-12-8-4/h49-52,56H,5-48H2,1-4H3. The number of hydrogen-bond acceptors (Lipinski definition) is 10. The van der Waals surface area contributed by atoms with E-state index in [1.54, 1.807) is 0 Å². The monoisotopic (exact) mass is 912 g/mol. The second-order valence-corrected chi connectivity index (χ2v) is 19.1. The van der Waals surface area contributed by atoms with Crippen LogP contribution in [0, 0.1) is 5.92 Å². The van der Waals surface area contributed by atoms with Crippen LogP contribution < -0.4 is 0 Å². The molecule has 10 nitrogen and oxygen atoms in total. The Bertz CT molecular complexity index is 900. The number of aliphatic hydroxyl groups is 1. The number of unbranched alkanes of at least 4 members (excludes halogenated alkanes) is 20. The summed E-state index contributed by atoms with van der Waals surface area (Å²) in [5.74, 6) is 0.140. The summed E-state index contributed by atoms with van der Waals surface area (Å²) in [7, 11) is 0. The van der Waals surface area contributed by atoms with Gasteiger partial charge >= 0.3 is 11.9 Å². The van der Waals surface area contributed by atoms with E-state index in [1.807, 2.05) is 0 Å². The van der Waals surface area contributed by atoms with Crippen molar-refractivity contribution in [2.24, 2.45) is 5.92 Å². The molecule has 1 unspecified atom stereocenters. The van der Waals surface area contributed by atoms with Crippen LogP contribution in [0.15, 0.2) is 0 Å². The van der Waals surface area contributed by atoms with E-state index in [0.29, 0.717) is 71.6 Å². The molecule has 0 heterocycles. The van der Waals surface area contributed by atoms with Gasteiger partial charge in [0.1, 0.15) is 12.2 Å². The van der Waals surface area contributed by atoms with E-state index < -0.39 is 0 Å². The molecule has 0 aromatic heterocycles. The highest BCUT2D eigenvalue weighted by Crippen LogP contribution is 2.27. The van der Waals surface area contributed by atoms with Crippen molar-refractivity contribution in [3.63, 3.8) is 0 Å². The Balaban J connectivity index is 2.42. The van der Waals surface area contributed by atoms with E-state index >= 15 is 0 Å². The van der Waals surface area contributed by atoms with Gasteiger partial charge in [-0.1, -0.05) is 163 Å². The Morgan fingerprint density at radius 2 is 0.781 bits per heavy atom. The number of ether oxygens (including phenoxy) is 6. The Labute approximate surface area is 395 Å². The molecule has 1 fully saturated rings. The molecule has 0 bridgehead atoms. The van der Waals surface area contributed by atoms with Crippen LogP contribution in [0.1, 0.15) is 240 Å². The van der Waals surface area contributed by atoms with Gasteiger partial charge in [0, 0.05) is 45.8 Å². The van der Waals surface area contributed by atoms with Gasteiger partial charge in [0.05, 0.1) is 32.5 Å². The molecule has 1 aliphatic carbocycles. The number of aliphatic hydroxyl groups excluding tert-OH is 1. The Hall–Kier alpha value is -1.30. The molecular weight excluding hydrogens is 807 g/mol. The lowest BCUT2D eigenvalue weighted by atomic mass is 9.85. The molecule has 10 heteroatoms. The third-order valence-corrected chi connectivity index (χ3v) is 12.7. The number of esters is 2. The molecule has 0 saturated heterocycles. The normalized spacial score (nSPS) is 14.0. The summed E-state index contributed by atoms with van der Waals surface area (Å²) in [6.45, 7) is 16.0. The van der Waals surface area contributed by atoms with Crippen LogP contribution in [0.25, 0.3) is 0 Å². The first-order chi connectivity index (χ1) is 31.4. The highest BCUT2D eigenvalue weighted by atomic mass is 16.6. The average molecular weight is 912 g/mol. The molecule has 0 spiro atoms. The second-order valence-electron chi connectivity index (χ2n) is 19.1. The number of carbonyl (C=O) groups is 2. The summed E-state index contributed by atoms with van der Waals surface area (Å²) in [6, 6.07) is 0. The number of nitrogens with zero attached hydrogens (tertiary/aromatic N) is 1. The molecule has 64 heavy (non-hydrogen) atoms. The summed E-state index contributed by atoms with van der Waals surface area (Å²) in [6.07, 6.45) is 34.9. The van der Waals surface area contributed by atoms with Crippen molar-refractivity contribution in [3.05, 3.63) is 0 Å². The van der Waals surface area contributed by atoms with Crippen LogP contribution >= 0.6 is 0 Å². The predicted octanol–water partition coefficient (Wildman–Crippen LogP) is 13.1. The second kappa shape index (κ2) is 46.8. The Morgan fingerprint density at radius 3 is 1.14 bits per heavy atom. The van der Waals surface area contributed by atoms with Gasteiger partial charge in [0.25, 0.3) is 0 Å². The maximum Gasteiger partial charge on any atom is 0.306 e. The predicted molar refractivity (Wildman–Crippen MR) is 264 cm³/mol. The number of hydrogen-bond donors (Lipinski definition) is 1. The fraction of sp³-hybridized carbons (Fsp3) is 0.963. The smallest absolute Gasteiger partial charge is 0.306 e. The highest BCUT2D eigenvalue weighted by molar-refractivity contribution is 5.69. The molecule has 380 valence electrons. The maximum absolute atomic E-state index is 12.8. The van der Waals surface area contributed by atoms with Crippen molar-refractivity contribution in [3.8, 4) is 0 Å². The van der Waals surface area contributed by atoms with Crippen LogP contribution in [0.4, 0.5) is 0 Å². The third-order valence-electron chi connectivity index (χ3n) is 12.7. The molecule has 1 saturated carbocycles. The lowest BCUT2D eigenvalue weighted by Crippen LogP contribution is -2.38. The minimum absolute atomic E-state index is 0.145. The van der Waals surface area contributed by atoms with E-state index in [-0.39, 0.29) is 30.3 Å². The highest BCUT2D eigenvalue weighted by Gasteiger charge is 2.24. The number of carbonyl (C=O) groups excluding carboxylic acids is 2. The molecule has 1 aliphatic rings. The van der Waals surface area contributed by atoms with Gasteiger partial charge in [0.2, 0.25) is 0 Å². The first-order valence-corrected chi connectivity index (χ1v) is 27.5. The van der Waals surface area contributed by atoms with Gasteiger partial charge in [-0.05, 0) is 83.2 Å². The summed E-state index contributed by atoms with van der Waals surface area (Å²) in [5.41, 5.74) is 0. The van der Waals surface area contributed by atoms with Crippen LogP contribution in [0.5, 0.6) is 0 Å². The summed E-state index contributed by atoms with van der Waals surface area (Å²) in [5, 5.41) is 11.2. The van der Waals surface area contributed by atoms with Gasteiger partial charge in [-0.3, -0.25) is 9.59 Å². The molecule has 0 aromatic rings. The zero-order valence-corrected chi connectivity index (χ0v) is 42.6. The topological polar surface area (TPSA) is 113 Å². The SMILES string of the molecule is CCCCCCOCC(COCCCCCC)OC(=O)CCCCCCCN(CCCCCCCC(=O)OC(COCCCCCC)COCCCCCC)CC(O)C1CCCCC1. The summed E-state index contributed by atoms with van der Waals surface area (Å²) < 4.78 is 35.2. The first kappa shape index (κ1) is 60.7. The minimum atomic E-state index is -0.340. The van der Waals surface area contributed by atoms with Crippen molar-refractivity contribution in [2.45, 2.75) is 258 Å². The van der Waals surface area contributed by atoms with Crippen molar-refractivity contribution in [1.82, 2.24) is 4.90 Å². The molecule has 0 aromatic carbocycles. The van der Waals surface area contributed by atoms with Crippen LogP contribution in [-0.4, -0.2) is 113 Å². The molecule has 0 amide bonds. The van der Waals surface area contributed by atoms with E-state index in [1.165, 1.54) is 96.3 Å². The van der Waals surface area contributed by atoms with Crippen LogP contribution in [0.3, 0.4) is 0 Å². The fourth-order valence-electron chi connectivity index (χ4n) is 8.60. The molecule has 1 atom stereocenters. The average Bonchev–Trinajstić information content (AvgIpc) is 3.30. The van der Waals surface area contributed by atoms with Crippen molar-refractivity contribution >= 4 is 11.9 Å². The molecule has 1 rings (SSSR count). The van der Waals surface area contributed by atoms with Crippen molar-refractivity contribution < 1.29 is 43.1 Å². The quantitative estimate of drug-likeness (QED) is 0.0467. The van der Waals surface area contributed by atoms with E-state index in [4.69, 9.17) is 28.4 Å². The van der Waals surface area contributed by atoms with Gasteiger partial charge < -0.3 is 38.4 Å². The summed E-state index contributed by atoms with van der Waals surface area (Å²) >= 11 is 0. The van der Waals surface area contributed by atoms with Gasteiger partial charge in [-0.15, -0.1) is 0 Å². The Morgan fingerprint density at radius 1 is 0.453 bits per heavy atom. The zero-order chi connectivity index (χ0) is 46.4. The van der Waals surface area contributed by atoms with Crippen LogP contribution in [0.2, 0.25) is 0 Å². The Kier molecular flexibility index (Phi) is 44.4. The molecule has 0 radical (unpaired) electrons. The fourth-order valence-corrected chi connectivity index (χ4v) is 8.60. The number of rotatable bonds is 49.